The lowest BCUT2D eigenvalue weighted by molar-refractivity contribution is 0.669. The Morgan fingerprint density at radius 1 is 0.396 bits per heavy atom. The summed E-state index contributed by atoms with van der Waals surface area (Å²) in [5.74, 6) is 0.643. The Morgan fingerprint density at radius 2 is 1.08 bits per heavy atom. The van der Waals surface area contributed by atoms with Crippen LogP contribution < -0.4 is 0 Å². The van der Waals surface area contributed by atoms with Crippen LogP contribution in [0.1, 0.15) is 0 Å². The summed E-state index contributed by atoms with van der Waals surface area (Å²) >= 11 is 0. The molecule has 12 rings (SSSR count). The van der Waals surface area contributed by atoms with Crippen molar-refractivity contribution in [2.75, 3.05) is 0 Å². The van der Waals surface area contributed by atoms with Crippen molar-refractivity contribution < 1.29 is 4.42 Å². The van der Waals surface area contributed by atoms with Crippen LogP contribution in [0.2, 0.25) is 0 Å². The zero-order valence-electron chi connectivity index (χ0n) is 28.4. The molecule has 0 unspecified atom stereocenters. The van der Waals surface area contributed by atoms with Gasteiger partial charge in [-0.3, -0.25) is 4.57 Å². The Balaban J connectivity index is 1.30. The molecule has 0 N–H and O–H groups in total. The number of aromatic nitrogens is 4. The van der Waals surface area contributed by atoms with Gasteiger partial charge in [0.2, 0.25) is 5.95 Å². The standard InChI is InChI=1S/C48H28N4O/c1-2-14-30(15-3-1)45-34-18-6-9-21-37(34)49-48(50-45)51-39-22-10-7-19-35(39)43-40(51)27-25-32-33-26-28-42-44(36-20-8-11-24-41(36)53-42)47(33)52(46(32)43)38-23-12-16-29-13-4-5-17-31(29)38/h1-28H. The van der Waals surface area contributed by atoms with Crippen LogP contribution in [-0.4, -0.2) is 19.1 Å². The summed E-state index contributed by atoms with van der Waals surface area (Å²) in [6.07, 6.45) is 0. The summed E-state index contributed by atoms with van der Waals surface area (Å²) in [6, 6.07) is 59.9. The summed E-state index contributed by atoms with van der Waals surface area (Å²) < 4.78 is 11.2. The van der Waals surface area contributed by atoms with Crippen LogP contribution in [0.3, 0.4) is 0 Å². The highest BCUT2D eigenvalue weighted by Crippen LogP contribution is 2.46. The molecule has 246 valence electrons. The number of nitrogens with zero attached hydrogens (tertiary/aromatic N) is 4. The highest BCUT2D eigenvalue weighted by Gasteiger charge is 2.25. The molecular formula is C48H28N4O. The number of para-hydroxylation sites is 3. The second-order valence-electron chi connectivity index (χ2n) is 13.7. The van der Waals surface area contributed by atoms with Gasteiger partial charge in [-0.25, -0.2) is 9.97 Å². The Labute approximate surface area is 302 Å². The normalized spacial score (nSPS) is 12.2. The molecule has 0 aliphatic rings. The molecule has 12 aromatic rings. The maximum atomic E-state index is 6.50. The van der Waals surface area contributed by atoms with E-state index in [-0.39, 0.29) is 0 Å². The predicted molar refractivity (Wildman–Crippen MR) is 218 cm³/mol. The van der Waals surface area contributed by atoms with Gasteiger partial charge in [-0.15, -0.1) is 0 Å². The minimum atomic E-state index is 0.643. The van der Waals surface area contributed by atoms with Crippen molar-refractivity contribution in [3.05, 3.63) is 170 Å². The van der Waals surface area contributed by atoms with Gasteiger partial charge in [-0.1, -0.05) is 127 Å². The molecule has 0 radical (unpaired) electrons. The maximum Gasteiger partial charge on any atom is 0.235 e. The number of hydrogen-bond acceptors (Lipinski definition) is 3. The van der Waals surface area contributed by atoms with Crippen molar-refractivity contribution in [2.24, 2.45) is 0 Å². The number of rotatable bonds is 3. The molecule has 0 atom stereocenters. The summed E-state index contributed by atoms with van der Waals surface area (Å²) in [6.45, 7) is 0. The monoisotopic (exact) mass is 676 g/mol. The minimum absolute atomic E-state index is 0.643. The molecule has 5 nitrogen and oxygen atoms in total. The molecule has 0 saturated carbocycles. The SMILES string of the molecule is c1ccc(-c2nc(-n3c4ccccc4c4c3ccc3c5ccc6oc7ccccc7c6c5n(-c5cccc6ccccc56)c34)nc3ccccc23)cc1. The zero-order chi connectivity index (χ0) is 34.6. The smallest absolute Gasteiger partial charge is 0.235 e. The van der Waals surface area contributed by atoms with Crippen LogP contribution in [0.25, 0.3) is 110 Å². The van der Waals surface area contributed by atoms with Crippen molar-refractivity contribution in [3.63, 3.8) is 0 Å². The van der Waals surface area contributed by atoms with E-state index in [1.54, 1.807) is 0 Å². The molecule has 0 spiro atoms. The van der Waals surface area contributed by atoms with Crippen molar-refractivity contribution in [3.8, 4) is 22.9 Å². The fourth-order valence-electron chi connectivity index (χ4n) is 8.69. The van der Waals surface area contributed by atoms with Gasteiger partial charge < -0.3 is 8.98 Å². The number of fused-ring (bicyclic) bond motifs is 13. The lowest BCUT2D eigenvalue weighted by atomic mass is 10.1. The highest BCUT2D eigenvalue weighted by atomic mass is 16.3. The molecule has 0 aliphatic heterocycles. The van der Waals surface area contributed by atoms with Gasteiger partial charge in [0, 0.05) is 43.3 Å². The van der Waals surface area contributed by atoms with E-state index >= 15 is 0 Å². The molecule has 0 bridgehead atoms. The molecule has 4 aromatic heterocycles. The first-order valence-electron chi connectivity index (χ1n) is 17.9. The summed E-state index contributed by atoms with van der Waals surface area (Å²) in [7, 11) is 0. The molecule has 0 amide bonds. The van der Waals surface area contributed by atoms with Gasteiger partial charge in [0.25, 0.3) is 0 Å². The zero-order valence-corrected chi connectivity index (χ0v) is 28.4. The van der Waals surface area contributed by atoms with Crippen LogP contribution in [-0.2, 0) is 0 Å². The molecule has 0 aliphatic carbocycles. The van der Waals surface area contributed by atoms with E-state index in [1.165, 1.54) is 21.5 Å². The Morgan fingerprint density at radius 3 is 1.96 bits per heavy atom. The topological polar surface area (TPSA) is 48.8 Å². The van der Waals surface area contributed by atoms with Crippen molar-refractivity contribution in [2.45, 2.75) is 0 Å². The van der Waals surface area contributed by atoms with Gasteiger partial charge in [-0.2, -0.15) is 0 Å². The van der Waals surface area contributed by atoms with E-state index in [0.29, 0.717) is 5.95 Å². The third-order valence-corrected chi connectivity index (χ3v) is 10.9. The number of hydrogen-bond donors (Lipinski definition) is 0. The van der Waals surface area contributed by atoms with E-state index in [1.807, 2.05) is 18.2 Å². The van der Waals surface area contributed by atoms with Crippen molar-refractivity contribution in [1.29, 1.82) is 0 Å². The summed E-state index contributed by atoms with van der Waals surface area (Å²) in [4.78, 5) is 10.6. The van der Waals surface area contributed by atoms with Crippen LogP contribution >= 0.6 is 0 Å². The minimum Gasteiger partial charge on any atom is -0.456 e. The first kappa shape index (κ1) is 28.5. The van der Waals surface area contributed by atoms with Gasteiger partial charge in [0.05, 0.1) is 44.4 Å². The summed E-state index contributed by atoms with van der Waals surface area (Å²) in [5.41, 5.74) is 10.1. The average Bonchev–Trinajstić information content (AvgIpc) is 3.88. The van der Waals surface area contributed by atoms with Crippen LogP contribution in [0.4, 0.5) is 0 Å². The Bertz CT molecular complexity index is 3450. The molecule has 53 heavy (non-hydrogen) atoms. The lowest BCUT2D eigenvalue weighted by Crippen LogP contribution is -2.03. The third kappa shape index (κ3) is 3.91. The Hall–Kier alpha value is -7.24. The fraction of sp³-hybridized carbons (Fsp3) is 0. The maximum absolute atomic E-state index is 6.50. The van der Waals surface area contributed by atoms with E-state index in [2.05, 4.69) is 161 Å². The van der Waals surface area contributed by atoms with Crippen LogP contribution in [0, 0.1) is 0 Å². The van der Waals surface area contributed by atoms with Gasteiger partial charge in [-0.05, 0) is 47.9 Å². The first-order chi connectivity index (χ1) is 26.3. The molecule has 8 aromatic carbocycles. The van der Waals surface area contributed by atoms with E-state index < -0.39 is 0 Å². The van der Waals surface area contributed by atoms with Gasteiger partial charge in [0.15, 0.2) is 0 Å². The molecular weight excluding hydrogens is 649 g/mol. The molecule has 0 fully saturated rings. The van der Waals surface area contributed by atoms with Gasteiger partial charge >= 0.3 is 0 Å². The number of furan rings is 1. The Kier molecular flexibility index (Phi) is 5.71. The van der Waals surface area contributed by atoms with Gasteiger partial charge in [0.1, 0.15) is 11.2 Å². The van der Waals surface area contributed by atoms with Crippen molar-refractivity contribution >= 4 is 87.2 Å². The first-order valence-corrected chi connectivity index (χ1v) is 17.9. The van der Waals surface area contributed by atoms with Crippen molar-refractivity contribution in [1.82, 2.24) is 19.1 Å². The third-order valence-electron chi connectivity index (χ3n) is 10.9. The quantitative estimate of drug-likeness (QED) is 0.187. The van der Waals surface area contributed by atoms with Crippen LogP contribution in [0.5, 0.6) is 0 Å². The molecule has 4 heterocycles. The highest BCUT2D eigenvalue weighted by molar-refractivity contribution is 6.31. The van der Waals surface area contributed by atoms with E-state index in [4.69, 9.17) is 14.4 Å². The van der Waals surface area contributed by atoms with Crippen LogP contribution in [0.15, 0.2) is 174 Å². The average molecular weight is 677 g/mol. The fourth-order valence-corrected chi connectivity index (χ4v) is 8.69. The largest absolute Gasteiger partial charge is 0.456 e. The van der Waals surface area contributed by atoms with E-state index in [9.17, 15) is 0 Å². The molecule has 5 heteroatoms. The second kappa shape index (κ2) is 10.6. The number of benzene rings is 8. The lowest BCUT2D eigenvalue weighted by Gasteiger charge is -2.13. The summed E-state index contributed by atoms with van der Waals surface area (Å²) in [5, 5.41) is 10.3. The second-order valence-corrected chi connectivity index (χ2v) is 13.7. The molecule has 0 saturated heterocycles. The predicted octanol–water partition coefficient (Wildman–Crippen LogP) is 12.5. The van der Waals surface area contributed by atoms with E-state index in [0.717, 1.165) is 82.6 Å².